The molecule has 1 N–H and O–H groups in total. The second-order valence-electron chi connectivity index (χ2n) is 4.78. The summed E-state index contributed by atoms with van der Waals surface area (Å²) in [4.78, 5) is 0. The van der Waals surface area contributed by atoms with Crippen LogP contribution >= 0.6 is 0 Å². The van der Waals surface area contributed by atoms with Crippen LogP contribution in [0.2, 0.25) is 0 Å². The second-order valence-corrected chi connectivity index (χ2v) is 4.78. The Bertz CT molecular complexity index is 235. The van der Waals surface area contributed by atoms with E-state index in [1.807, 2.05) is 6.92 Å². The summed E-state index contributed by atoms with van der Waals surface area (Å²) < 4.78 is 21.9. The predicted octanol–water partition coefficient (Wildman–Crippen LogP) is 1.04. The molecular weight excluding hydrogens is 224 g/mol. The van der Waals surface area contributed by atoms with Crippen molar-refractivity contribution >= 4 is 0 Å². The molecule has 100 valence electrons. The molecule has 5 nitrogen and oxygen atoms in total. The molecule has 2 saturated heterocycles. The van der Waals surface area contributed by atoms with Gasteiger partial charge in [0.1, 0.15) is 6.10 Å². The predicted molar refractivity (Wildman–Crippen MR) is 60.4 cm³/mol. The first kappa shape index (κ1) is 13.2. The number of hydrogen-bond acceptors (Lipinski definition) is 5. The van der Waals surface area contributed by atoms with Crippen molar-refractivity contribution in [3.8, 4) is 0 Å². The summed E-state index contributed by atoms with van der Waals surface area (Å²) >= 11 is 0. The Morgan fingerprint density at radius 1 is 1.24 bits per heavy atom. The largest absolute Gasteiger partial charge is 0.390 e. The molecule has 5 heteroatoms. The van der Waals surface area contributed by atoms with E-state index in [-0.39, 0.29) is 24.8 Å². The fourth-order valence-corrected chi connectivity index (χ4v) is 2.29. The summed E-state index contributed by atoms with van der Waals surface area (Å²) in [6, 6.07) is 0. The lowest BCUT2D eigenvalue weighted by Crippen LogP contribution is -2.46. The van der Waals surface area contributed by atoms with Crippen molar-refractivity contribution in [2.45, 2.75) is 63.5 Å². The molecule has 0 aliphatic carbocycles. The normalized spacial score (nSPS) is 43.6. The fraction of sp³-hybridized carbons (Fsp3) is 1.00. The van der Waals surface area contributed by atoms with Gasteiger partial charge in [0.15, 0.2) is 12.6 Å². The van der Waals surface area contributed by atoms with Crippen molar-refractivity contribution in [1.82, 2.24) is 0 Å². The Kier molecular flexibility index (Phi) is 4.76. The quantitative estimate of drug-likeness (QED) is 0.806. The van der Waals surface area contributed by atoms with Crippen LogP contribution in [-0.4, -0.2) is 49.7 Å². The topological polar surface area (TPSA) is 57.2 Å². The van der Waals surface area contributed by atoms with Gasteiger partial charge in [-0.25, -0.2) is 0 Å². The highest BCUT2D eigenvalue weighted by Gasteiger charge is 2.33. The third kappa shape index (κ3) is 3.63. The molecule has 0 aromatic rings. The molecule has 0 aromatic carbocycles. The zero-order chi connectivity index (χ0) is 12.3. The number of aliphatic hydroxyl groups is 1. The Balaban J connectivity index is 1.78. The summed E-state index contributed by atoms with van der Waals surface area (Å²) in [6.45, 7) is 2.40. The van der Waals surface area contributed by atoms with E-state index < -0.39 is 6.10 Å². The number of methoxy groups -OCH3 is 1. The average molecular weight is 246 g/mol. The van der Waals surface area contributed by atoms with E-state index in [1.165, 1.54) is 0 Å². The van der Waals surface area contributed by atoms with Gasteiger partial charge in [0.25, 0.3) is 0 Å². The first-order chi connectivity index (χ1) is 8.19. The molecule has 0 spiro atoms. The molecule has 0 saturated carbocycles. The van der Waals surface area contributed by atoms with Crippen molar-refractivity contribution < 1.29 is 24.1 Å². The Morgan fingerprint density at radius 3 is 2.71 bits per heavy atom. The third-order valence-corrected chi connectivity index (χ3v) is 3.33. The maximum Gasteiger partial charge on any atom is 0.159 e. The van der Waals surface area contributed by atoms with Crippen LogP contribution in [0.3, 0.4) is 0 Å². The lowest BCUT2D eigenvalue weighted by Gasteiger charge is -2.36. The minimum absolute atomic E-state index is 0.207. The van der Waals surface area contributed by atoms with Crippen LogP contribution in [0.5, 0.6) is 0 Å². The zero-order valence-electron chi connectivity index (χ0n) is 10.5. The lowest BCUT2D eigenvalue weighted by atomic mass is 10.1. The molecule has 2 rings (SSSR count). The van der Waals surface area contributed by atoms with Gasteiger partial charge in [-0.1, -0.05) is 0 Å². The van der Waals surface area contributed by atoms with Crippen LogP contribution in [0.1, 0.15) is 32.6 Å². The van der Waals surface area contributed by atoms with Gasteiger partial charge in [0.05, 0.1) is 18.8 Å². The van der Waals surface area contributed by atoms with E-state index in [9.17, 15) is 5.11 Å². The monoisotopic (exact) mass is 246 g/mol. The van der Waals surface area contributed by atoms with Crippen molar-refractivity contribution in [3.05, 3.63) is 0 Å². The van der Waals surface area contributed by atoms with Gasteiger partial charge < -0.3 is 24.1 Å². The van der Waals surface area contributed by atoms with Crippen molar-refractivity contribution in [3.63, 3.8) is 0 Å². The van der Waals surface area contributed by atoms with Crippen LogP contribution in [0, 0.1) is 0 Å². The van der Waals surface area contributed by atoms with Gasteiger partial charge in [-0.05, 0) is 26.2 Å². The summed E-state index contributed by atoms with van der Waals surface area (Å²) in [7, 11) is 1.57. The number of aliphatic hydroxyl groups excluding tert-OH is 1. The van der Waals surface area contributed by atoms with Crippen molar-refractivity contribution in [1.29, 1.82) is 0 Å². The third-order valence-electron chi connectivity index (χ3n) is 3.33. The summed E-state index contributed by atoms with van der Waals surface area (Å²) in [5.74, 6) is 0. The SMILES string of the molecule is COC1CC(O)C(OC2CCCC(C)O2)CO1. The van der Waals surface area contributed by atoms with Crippen LogP contribution in [0.4, 0.5) is 0 Å². The van der Waals surface area contributed by atoms with E-state index in [0.717, 1.165) is 19.3 Å². The van der Waals surface area contributed by atoms with E-state index in [2.05, 4.69) is 0 Å². The second kappa shape index (κ2) is 6.11. The summed E-state index contributed by atoms with van der Waals surface area (Å²) in [6.07, 6.45) is 2.38. The molecule has 0 radical (unpaired) electrons. The number of hydrogen-bond donors (Lipinski definition) is 1. The maximum absolute atomic E-state index is 9.93. The van der Waals surface area contributed by atoms with Gasteiger partial charge in [-0.15, -0.1) is 0 Å². The highest BCUT2D eigenvalue weighted by molar-refractivity contribution is 4.76. The molecule has 0 aromatic heterocycles. The number of ether oxygens (including phenoxy) is 4. The van der Waals surface area contributed by atoms with Crippen LogP contribution in [0.25, 0.3) is 0 Å². The van der Waals surface area contributed by atoms with Gasteiger partial charge in [-0.3, -0.25) is 0 Å². The molecule has 5 atom stereocenters. The fourth-order valence-electron chi connectivity index (χ4n) is 2.29. The minimum atomic E-state index is -0.547. The first-order valence-electron chi connectivity index (χ1n) is 6.32. The molecule has 0 bridgehead atoms. The van der Waals surface area contributed by atoms with Crippen LogP contribution in [-0.2, 0) is 18.9 Å². The summed E-state index contributed by atoms with van der Waals surface area (Å²) in [5, 5.41) is 9.93. The molecule has 17 heavy (non-hydrogen) atoms. The lowest BCUT2D eigenvalue weighted by molar-refractivity contribution is -0.272. The van der Waals surface area contributed by atoms with Gasteiger partial charge in [0, 0.05) is 13.5 Å². The molecule has 0 amide bonds. The molecule has 2 fully saturated rings. The van der Waals surface area contributed by atoms with E-state index in [1.54, 1.807) is 7.11 Å². The van der Waals surface area contributed by atoms with Crippen molar-refractivity contribution in [2.75, 3.05) is 13.7 Å². The molecule has 2 aliphatic heterocycles. The van der Waals surface area contributed by atoms with E-state index in [4.69, 9.17) is 18.9 Å². The molecule has 2 aliphatic rings. The van der Waals surface area contributed by atoms with E-state index >= 15 is 0 Å². The Labute approximate surface area is 102 Å². The van der Waals surface area contributed by atoms with Crippen LogP contribution < -0.4 is 0 Å². The summed E-state index contributed by atoms with van der Waals surface area (Å²) in [5.41, 5.74) is 0. The zero-order valence-corrected chi connectivity index (χ0v) is 10.5. The maximum atomic E-state index is 9.93. The average Bonchev–Trinajstić information content (AvgIpc) is 2.32. The Morgan fingerprint density at radius 2 is 2.06 bits per heavy atom. The van der Waals surface area contributed by atoms with Crippen molar-refractivity contribution in [2.24, 2.45) is 0 Å². The smallest absolute Gasteiger partial charge is 0.159 e. The standard InChI is InChI=1S/C12H22O5/c1-8-4-3-5-11(16-8)17-10-7-15-12(14-2)6-9(10)13/h8-13H,3-7H2,1-2H3. The first-order valence-corrected chi connectivity index (χ1v) is 6.32. The highest BCUT2D eigenvalue weighted by Crippen LogP contribution is 2.24. The van der Waals surface area contributed by atoms with Gasteiger partial charge in [0.2, 0.25) is 0 Å². The van der Waals surface area contributed by atoms with Crippen LogP contribution in [0.15, 0.2) is 0 Å². The Hall–Kier alpha value is -0.200. The number of rotatable bonds is 3. The molecular formula is C12H22O5. The minimum Gasteiger partial charge on any atom is -0.390 e. The van der Waals surface area contributed by atoms with E-state index in [0.29, 0.717) is 13.0 Å². The van der Waals surface area contributed by atoms with Gasteiger partial charge >= 0.3 is 0 Å². The highest BCUT2D eigenvalue weighted by atomic mass is 16.7. The van der Waals surface area contributed by atoms with Gasteiger partial charge in [-0.2, -0.15) is 0 Å². The molecule has 5 unspecified atom stereocenters. The molecule has 2 heterocycles.